The normalized spacial score (nSPS) is 11.7. The average molecular weight is 584 g/mol. The molecule has 5 heteroatoms. The topological polar surface area (TPSA) is 65.0 Å². The van der Waals surface area contributed by atoms with Gasteiger partial charge in [0.25, 0.3) is 0 Å². The van der Waals surface area contributed by atoms with Crippen LogP contribution in [-0.4, -0.2) is 24.6 Å². The van der Waals surface area contributed by atoms with Gasteiger partial charge in [-0.3, -0.25) is 4.79 Å². The Balaban J connectivity index is 1.65. The first kappa shape index (κ1) is 33.8. The number of esters is 1. The number of oxime groups is 1. The van der Waals surface area contributed by atoms with Gasteiger partial charge in [-0.25, -0.2) is 4.79 Å². The summed E-state index contributed by atoms with van der Waals surface area (Å²) < 4.78 is 4.96. The lowest BCUT2D eigenvalue weighted by molar-refractivity contribution is -0.134. The van der Waals surface area contributed by atoms with Gasteiger partial charge < -0.3 is 9.57 Å². The Morgan fingerprint density at radius 3 is 1.33 bits per heavy atom. The van der Waals surface area contributed by atoms with Gasteiger partial charge in [-0.2, -0.15) is 0 Å². The first-order valence-corrected chi connectivity index (χ1v) is 16.2. The van der Waals surface area contributed by atoms with Crippen LogP contribution in [0.15, 0.2) is 96.2 Å². The first-order chi connectivity index (χ1) is 21.1. The lowest BCUT2D eigenvalue weighted by Gasteiger charge is -2.33. The van der Waals surface area contributed by atoms with Crippen LogP contribution in [-0.2, 0) is 24.8 Å². The maximum atomic E-state index is 13.3. The zero-order valence-electron chi connectivity index (χ0n) is 26.1. The highest BCUT2D eigenvalue weighted by molar-refractivity contribution is 6.64. The van der Waals surface area contributed by atoms with E-state index in [-0.39, 0.29) is 17.9 Å². The second-order valence-electron chi connectivity index (χ2n) is 11.2. The molecule has 0 saturated heterocycles. The summed E-state index contributed by atoms with van der Waals surface area (Å²) in [7, 11) is 1.26. The van der Waals surface area contributed by atoms with Crippen molar-refractivity contribution in [2.45, 2.75) is 102 Å². The molecular formula is C38H49NO4. The monoisotopic (exact) mass is 583 g/mol. The minimum atomic E-state index is -1.18. The number of Topliss-reactive ketones (excluding diaryl/α,β-unsaturated/α-hetero) is 1. The summed E-state index contributed by atoms with van der Waals surface area (Å²) in [5, 5.41) is 4.27. The highest BCUT2D eigenvalue weighted by Crippen LogP contribution is 2.40. The number of ether oxygens (including phenoxy) is 1. The molecule has 0 bridgehead atoms. The predicted octanol–water partition coefficient (Wildman–Crippen LogP) is 9.57. The van der Waals surface area contributed by atoms with Gasteiger partial charge in [-0.15, -0.1) is 0 Å². The van der Waals surface area contributed by atoms with E-state index < -0.39 is 11.6 Å². The van der Waals surface area contributed by atoms with E-state index in [1.807, 2.05) is 91.0 Å². The minimum Gasteiger partial charge on any atom is -0.464 e. The predicted molar refractivity (Wildman–Crippen MR) is 175 cm³/mol. The third-order valence-electron chi connectivity index (χ3n) is 7.97. The van der Waals surface area contributed by atoms with Gasteiger partial charge in [0.15, 0.2) is 5.78 Å². The van der Waals surface area contributed by atoms with Crippen LogP contribution in [0.4, 0.5) is 0 Å². The molecule has 0 aromatic heterocycles. The summed E-state index contributed by atoms with van der Waals surface area (Å²) >= 11 is 0. The fraction of sp³-hybridized carbons (Fsp3) is 0.447. The molecule has 5 nitrogen and oxygen atoms in total. The fourth-order valence-electron chi connectivity index (χ4n) is 5.51. The molecule has 0 unspecified atom stereocenters. The quantitative estimate of drug-likeness (QED) is 0.0313. The first-order valence-electron chi connectivity index (χ1n) is 16.2. The van der Waals surface area contributed by atoms with Crippen molar-refractivity contribution in [2.24, 2.45) is 5.16 Å². The van der Waals surface area contributed by atoms with E-state index in [9.17, 15) is 9.59 Å². The molecule has 3 rings (SSSR count). The van der Waals surface area contributed by atoms with E-state index in [0.29, 0.717) is 6.42 Å². The van der Waals surface area contributed by atoms with E-state index in [1.165, 1.54) is 71.3 Å². The molecular weight excluding hydrogens is 534 g/mol. The molecule has 0 aliphatic heterocycles. The third kappa shape index (κ3) is 10.5. The Kier molecular flexibility index (Phi) is 15.3. The molecule has 0 radical (unpaired) electrons. The van der Waals surface area contributed by atoms with Crippen LogP contribution >= 0.6 is 0 Å². The summed E-state index contributed by atoms with van der Waals surface area (Å²) in [4.78, 5) is 32.4. The highest BCUT2D eigenvalue weighted by Gasteiger charge is 2.40. The Morgan fingerprint density at radius 2 is 0.953 bits per heavy atom. The van der Waals surface area contributed by atoms with Gasteiger partial charge in [0.05, 0.1) is 7.11 Å². The van der Waals surface area contributed by atoms with Gasteiger partial charge in [-0.1, -0.05) is 180 Å². The SMILES string of the molecule is CCCCCCCCCCCCCCCC(=O)C(=NOC(c1ccccc1)(c1ccccc1)c1ccccc1)C(=O)OC. The summed E-state index contributed by atoms with van der Waals surface area (Å²) in [6.07, 6.45) is 16.1. The molecule has 230 valence electrons. The zero-order chi connectivity index (χ0) is 30.6. The molecule has 0 N–H and O–H groups in total. The second-order valence-corrected chi connectivity index (χ2v) is 11.2. The number of rotatable bonds is 21. The van der Waals surface area contributed by atoms with Crippen molar-refractivity contribution in [3.63, 3.8) is 0 Å². The van der Waals surface area contributed by atoms with Crippen LogP contribution in [0, 0.1) is 0 Å². The Labute approximate surface area is 258 Å². The zero-order valence-corrected chi connectivity index (χ0v) is 26.1. The molecule has 0 amide bonds. The maximum Gasteiger partial charge on any atom is 0.363 e. The molecule has 43 heavy (non-hydrogen) atoms. The average Bonchev–Trinajstić information content (AvgIpc) is 3.06. The number of ketones is 1. The van der Waals surface area contributed by atoms with Crippen molar-refractivity contribution >= 4 is 17.5 Å². The number of methoxy groups -OCH3 is 1. The molecule has 0 spiro atoms. The lowest BCUT2D eigenvalue weighted by atomic mass is 9.80. The molecule has 0 atom stereocenters. The molecule has 0 aliphatic carbocycles. The molecule has 0 aliphatic rings. The van der Waals surface area contributed by atoms with Gasteiger partial charge in [0, 0.05) is 23.1 Å². The van der Waals surface area contributed by atoms with Crippen molar-refractivity contribution in [3.8, 4) is 0 Å². The van der Waals surface area contributed by atoms with E-state index in [1.54, 1.807) is 0 Å². The Bertz CT molecular complexity index is 1130. The van der Waals surface area contributed by atoms with Gasteiger partial charge in [0.1, 0.15) is 0 Å². The number of benzene rings is 3. The van der Waals surface area contributed by atoms with E-state index in [2.05, 4.69) is 12.1 Å². The van der Waals surface area contributed by atoms with E-state index >= 15 is 0 Å². The van der Waals surface area contributed by atoms with Gasteiger partial charge >= 0.3 is 5.97 Å². The summed E-state index contributed by atoms with van der Waals surface area (Å²) in [6, 6.07) is 29.2. The van der Waals surface area contributed by atoms with Crippen molar-refractivity contribution < 1.29 is 19.2 Å². The summed E-state index contributed by atoms with van der Waals surface area (Å²) in [5.74, 6) is -1.15. The second kappa shape index (κ2) is 19.5. The van der Waals surface area contributed by atoms with Crippen LogP contribution in [0.25, 0.3) is 0 Å². The minimum absolute atomic E-state index is 0.226. The van der Waals surface area contributed by atoms with Crippen molar-refractivity contribution in [3.05, 3.63) is 108 Å². The van der Waals surface area contributed by atoms with Crippen molar-refractivity contribution in [2.75, 3.05) is 7.11 Å². The number of carbonyl (C=O) groups is 2. The Hall–Kier alpha value is -3.73. The number of nitrogens with zero attached hydrogens (tertiary/aromatic N) is 1. The van der Waals surface area contributed by atoms with Crippen molar-refractivity contribution in [1.29, 1.82) is 0 Å². The number of hydrogen-bond donors (Lipinski definition) is 0. The molecule has 3 aromatic carbocycles. The van der Waals surface area contributed by atoms with Crippen LogP contribution in [0.2, 0.25) is 0 Å². The van der Waals surface area contributed by atoms with Gasteiger partial charge in [-0.05, 0) is 6.42 Å². The van der Waals surface area contributed by atoms with Crippen molar-refractivity contribution in [1.82, 2.24) is 0 Å². The summed E-state index contributed by atoms with van der Waals surface area (Å²) in [6.45, 7) is 2.26. The van der Waals surface area contributed by atoms with Crippen LogP contribution < -0.4 is 0 Å². The van der Waals surface area contributed by atoms with Crippen LogP contribution in [0.3, 0.4) is 0 Å². The smallest absolute Gasteiger partial charge is 0.363 e. The fourth-order valence-corrected chi connectivity index (χ4v) is 5.51. The van der Waals surface area contributed by atoms with Gasteiger partial charge in [0.2, 0.25) is 11.3 Å². The largest absolute Gasteiger partial charge is 0.464 e. The maximum absolute atomic E-state index is 13.3. The molecule has 0 fully saturated rings. The highest BCUT2D eigenvalue weighted by atomic mass is 16.7. The van der Waals surface area contributed by atoms with E-state index in [4.69, 9.17) is 9.57 Å². The third-order valence-corrected chi connectivity index (χ3v) is 7.97. The molecule has 3 aromatic rings. The molecule has 0 heterocycles. The Morgan fingerprint density at radius 1 is 0.581 bits per heavy atom. The van der Waals surface area contributed by atoms with Crippen LogP contribution in [0.5, 0.6) is 0 Å². The lowest BCUT2D eigenvalue weighted by Crippen LogP contribution is -2.33. The number of hydrogen-bond acceptors (Lipinski definition) is 5. The molecule has 0 saturated carbocycles. The van der Waals surface area contributed by atoms with E-state index in [0.717, 1.165) is 29.5 Å². The number of carbonyl (C=O) groups excluding carboxylic acids is 2. The number of unbranched alkanes of at least 4 members (excludes halogenated alkanes) is 12. The summed E-state index contributed by atoms with van der Waals surface area (Å²) in [5.41, 5.74) is 0.977. The van der Waals surface area contributed by atoms with Crippen LogP contribution in [0.1, 0.15) is 114 Å². The standard InChI is InChI=1S/C38H49NO4/c1-3-4-5-6-7-8-9-10-11-12-13-14-24-31-35(40)36(37(41)42-2)39-43-38(32-25-18-15-19-26-32,33-27-20-16-21-28-33)34-29-22-17-23-30-34/h15-23,25-30H,3-14,24,31H2,1-2H3.